The Labute approximate surface area is 137 Å². The molecule has 4 atom stereocenters. The zero-order valence-corrected chi connectivity index (χ0v) is 14.0. The number of rotatable bonds is 6. The van der Waals surface area contributed by atoms with E-state index in [0.29, 0.717) is 24.2 Å². The van der Waals surface area contributed by atoms with Crippen LogP contribution >= 0.6 is 23.2 Å². The van der Waals surface area contributed by atoms with Crippen LogP contribution < -0.4 is 5.32 Å². The maximum atomic E-state index is 6.34. The fourth-order valence-corrected chi connectivity index (χ4v) is 4.13. The lowest BCUT2D eigenvalue weighted by Gasteiger charge is -2.30. The van der Waals surface area contributed by atoms with Gasteiger partial charge in [0, 0.05) is 22.0 Å². The van der Waals surface area contributed by atoms with Crippen LogP contribution in [0.3, 0.4) is 0 Å². The molecule has 3 rings (SSSR count). The molecule has 0 aromatic heterocycles. The molecule has 2 aliphatic heterocycles. The minimum atomic E-state index is 0.427. The number of halogens is 2. The molecule has 4 heteroatoms. The molecule has 4 unspecified atom stereocenters. The van der Waals surface area contributed by atoms with Crippen LogP contribution in [0.5, 0.6) is 0 Å². The van der Waals surface area contributed by atoms with Gasteiger partial charge in [-0.2, -0.15) is 0 Å². The van der Waals surface area contributed by atoms with Crippen molar-refractivity contribution in [2.75, 3.05) is 6.54 Å². The van der Waals surface area contributed by atoms with Crippen molar-refractivity contribution in [3.05, 3.63) is 33.8 Å². The van der Waals surface area contributed by atoms with E-state index in [1.54, 1.807) is 0 Å². The minimum absolute atomic E-state index is 0.427. The first-order chi connectivity index (χ1) is 10.2. The van der Waals surface area contributed by atoms with Crippen LogP contribution in [0, 0.1) is 5.92 Å². The Kier molecular flexibility index (Phi) is 5.11. The predicted molar refractivity (Wildman–Crippen MR) is 88.2 cm³/mol. The van der Waals surface area contributed by atoms with Gasteiger partial charge in [0.2, 0.25) is 0 Å². The smallest absolute Gasteiger partial charge is 0.0623 e. The average molecular weight is 328 g/mol. The monoisotopic (exact) mass is 327 g/mol. The highest BCUT2D eigenvalue weighted by atomic mass is 35.5. The van der Waals surface area contributed by atoms with Crippen molar-refractivity contribution >= 4 is 23.2 Å². The number of ether oxygens (including phenoxy) is 1. The number of nitrogens with one attached hydrogen (secondary N) is 1. The van der Waals surface area contributed by atoms with E-state index < -0.39 is 0 Å². The normalized spacial score (nSPS) is 29.0. The molecule has 0 saturated carbocycles. The Morgan fingerprint density at radius 3 is 2.86 bits per heavy atom. The van der Waals surface area contributed by atoms with E-state index in [4.69, 9.17) is 27.9 Å². The van der Waals surface area contributed by atoms with Crippen LogP contribution in [-0.4, -0.2) is 24.8 Å². The maximum absolute atomic E-state index is 6.34. The van der Waals surface area contributed by atoms with Gasteiger partial charge in [0.15, 0.2) is 0 Å². The van der Waals surface area contributed by atoms with Crippen molar-refractivity contribution < 1.29 is 4.74 Å². The minimum Gasteiger partial charge on any atom is -0.375 e. The molecule has 21 heavy (non-hydrogen) atoms. The molecule has 116 valence electrons. The van der Waals surface area contributed by atoms with Crippen LogP contribution in [0.25, 0.3) is 0 Å². The van der Waals surface area contributed by atoms with E-state index >= 15 is 0 Å². The summed E-state index contributed by atoms with van der Waals surface area (Å²) in [7, 11) is 0. The van der Waals surface area contributed by atoms with Crippen LogP contribution in [0.15, 0.2) is 18.2 Å². The second kappa shape index (κ2) is 6.87. The van der Waals surface area contributed by atoms with Crippen molar-refractivity contribution in [2.24, 2.45) is 5.92 Å². The fourth-order valence-electron chi connectivity index (χ4n) is 3.74. The quantitative estimate of drug-likeness (QED) is 0.832. The van der Waals surface area contributed by atoms with Gasteiger partial charge in [-0.05, 0) is 62.4 Å². The third-order valence-electron chi connectivity index (χ3n) is 4.77. The first kappa shape index (κ1) is 15.6. The molecule has 2 nitrogen and oxygen atoms in total. The van der Waals surface area contributed by atoms with Crippen molar-refractivity contribution in [3.63, 3.8) is 0 Å². The summed E-state index contributed by atoms with van der Waals surface area (Å²) in [5, 5.41) is 5.28. The number of fused-ring (bicyclic) bond motifs is 2. The van der Waals surface area contributed by atoms with Crippen LogP contribution in [-0.2, 0) is 11.2 Å². The van der Waals surface area contributed by atoms with Crippen LogP contribution in [0.4, 0.5) is 0 Å². The number of hydrogen-bond donors (Lipinski definition) is 1. The SMILES string of the molecule is CCCNC(Cc1cc(Cl)ccc1Cl)C1CC2CCC1O2. The van der Waals surface area contributed by atoms with Gasteiger partial charge in [-0.3, -0.25) is 0 Å². The third-order valence-corrected chi connectivity index (χ3v) is 5.38. The topological polar surface area (TPSA) is 21.3 Å². The summed E-state index contributed by atoms with van der Waals surface area (Å²) in [5.41, 5.74) is 1.14. The number of benzene rings is 1. The first-order valence-corrected chi connectivity index (χ1v) is 8.75. The van der Waals surface area contributed by atoms with Gasteiger partial charge >= 0.3 is 0 Å². The summed E-state index contributed by atoms with van der Waals surface area (Å²) in [6.07, 6.45) is 6.62. The molecule has 2 fully saturated rings. The van der Waals surface area contributed by atoms with E-state index in [1.165, 1.54) is 19.3 Å². The molecule has 2 saturated heterocycles. The van der Waals surface area contributed by atoms with Crippen molar-refractivity contribution in [1.29, 1.82) is 0 Å². The molecule has 0 aliphatic carbocycles. The number of hydrogen-bond acceptors (Lipinski definition) is 2. The van der Waals surface area contributed by atoms with E-state index in [0.717, 1.165) is 35.0 Å². The summed E-state index contributed by atoms with van der Waals surface area (Å²) < 4.78 is 6.04. The van der Waals surface area contributed by atoms with E-state index in [1.807, 2.05) is 18.2 Å². The highest BCUT2D eigenvalue weighted by Crippen LogP contribution is 2.41. The molecule has 1 aromatic carbocycles. The van der Waals surface area contributed by atoms with Gasteiger partial charge in [0.1, 0.15) is 0 Å². The predicted octanol–water partition coefficient (Wildman–Crippen LogP) is 4.47. The van der Waals surface area contributed by atoms with Gasteiger partial charge in [0.05, 0.1) is 12.2 Å². The van der Waals surface area contributed by atoms with E-state index in [2.05, 4.69) is 12.2 Å². The van der Waals surface area contributed by atoms with Gasteiger partial charge in [-0.25, -0.2) is 0 Å². The summed E-state index contributed by atoms with van der Waals surface area (Å²) in [6, 6.07) is 6.17. The lowest BCUT2D eigenvalue weighted by Crippen LogP contribution is -2.42. The van der Waals surface area contributed by atoms with Crippen LogP contribution in [0.1, 0.15) is 38.2 Å². The molecule has 1 aromatic rings. The third kappa shape index (κ3) is 3.56. The Bertz CT molecular complexity index is 494. The van der Waals surface area contributed by atoms with Gasteiger partial charge in [-0.1, -0.05) is 30.1 Å². The standard InChI is InChI=1S/C17H23Cl2NO/c1-2-7-20-16(14-10-13-4-6-17(14)21-13)9-11-8-12(18)3-5-15(11)19/h3,5,8,13-14,16-17,20H,2,4,6-7,9-10H2,1H3. The van der Waals surface area contributed by atoms with Gasteiger partial charge < -0.3 is 10.1 Å². The lowest BCUT2D eigenvalue weighted by atomic mass is 9.81. The molecular weight excluding hydrogens is 305 g/mol. The fraction of sp³-hybridized carbons (Fsp3) is 0.647. The summed E-state index contributed by atoms with van der Waals surface area (Å²) in [6.45, 7) is 3.24. The van der Waals surface area contributed by atoms with Crippen molar-refractivity contribution in [2.45, 2.75) is 57.3 Å². The molecule has 2 aliphatic rings. The summed E-state index contributed by atoms with van der Waals surface area (Å²) >= 11 is 12.5. The Morgan fingerprint density at radius 1 is 1.33 bits per heavy atom. The average Bonchev–Trinajstić information content (AvgIpc) is 3.09. The zero-order valence-electron chi connectivity index (χ0n) is 12.4. The molecule has 0 radical (unpaired) electrons. The highest BCUT2D eigenvalue weighted by Gasteiger charge is 2.44. The molecule has 2 bridgehead atoms. The van der Waals surface area contributed by atoms with E-state index in [-0.39, 0.29) is 0 Å². The molecule has 2 heterocycles. The Balaban J connectivity index is 1.74. The Hall–Kier alpha value is -0.280. The zero-order chi connectivity index (χ0) is 14.8. The van der Waals surface area contributed by atoms with Crippen molar-refractivity contribution in [3.8, 4) is 0 Å². The van der Waals surface area contributed by atoms with Crippen molar-refractivity contribution in [1.82, 2.24) is 5.32 Å². The molecule has 0 spiro atoms. The summed E-state index contributed by atoms with van der Waals surface area (Å²) in [5.74, 6) is 0.602. The largest absolute Gasteiger partial charge is 0.375 e. The molecule has 0 amide bonds. The molecular formula is C17H23Cl2NO. The van der Waals surface area contributed by atoms with Gasteiger partial charge in [0.25, 0.3) is 0 Å². The maximum Gasteiger partial charge on any atom is 0.0623 e. The first-order valence-electron chi connectivity index (χ1n) is 8.00. The second-order valence-corrected chi connectivity index (χ2v) is 7.12. The highest BCUT2D eigenvalue weighted by molar-refractivity contribution is 6.33. The van der Waals surface area contributed by atoms with Gasteiger partial charge in [-0.15, -0.1) is 0 Å². The van der Waals surface area contributed by atoms with Crippen LogP contribution in [0.2, 0.25) is 10.0 Å². The Morgan fingerprint density at radius 2 is 2.19 bits per heavy atom. The summed E-state index contributed by atoms with van der Waals surface area (Å²) in [4.78, 5) is 0. The van der Waals surface area contributed by atoms with E-state index in [9.17, 15) is 0 Å². The second-order valence-electron chi connectivity index (χ2n) is 6.27. The lowest BCUT2D eigenvalue weighted by molar-refractivity contribution is 0.0857. The molecule has 1 N–H and O–H groups in total.